The summed E-state index contributed by atoms with van der Waals surface area (Å²) in [5, 5.41) is 16.1. The molecule has 1 aromatic heterocycles. The molecular weight excluding hydrogens is 470 g/mol. The Balaban J connectivity index is 1.48. The molecule has 0 saturated heterocycles. The molecule has 1 aliphatic heterocycles. The monoisotopic (exact) mass is 493 g/mol. The zero-order chi connectivity index (χ0) is 24.0. The van der Waals surface area contributed by atoms with Gasteiger partial charge in [-0.05, 0) is 54.7 Å². The molecule has 1 aliphatic rings. The highest BCUT2D eigenvalue weighted by Crippen LogP contribution is 2.46. The van der Waals surface area contributed by atoms with Crippen LogP contribution in [0.5, 0.6) is 5.75 Å². The van der Waals surface area contributed by atoms with E-state index in [9.17, 15) is 14.7 Å². The van der Waals surface area contributed by atoms with Crippen molar-refractivity contribution in [2.45, 2.75) is 5.92 Å². The number of phenols is 1. The van der Waals surface area contributed by atoms with Crippen molar-refractivity contribution in [3.8, 4) is 5.75 Å². The maximum absolute atomic E-state index is 13.6. The van der Waals surface area contributed by atoms with E-state index in [0.717, 1.165) is 26.4 Å². The van der Waals surface area contributed by atoms with Crippen LogP contribution in [0.1, 0.15) is 21.2 Å². The number of thiophene rings is 1. The lowest BCUT2D eigenvalue weighted by Gasteiger charge is -2.17. The van der Waals surface area contributed by atoms with Crippen LogP contribution in [0.25, 0.3) is 20.9 Å². The van der Waals surface area contributed by atoms with Crippen LogP contribution < -0.4 is 10.2 Å². The van der Waals surface area contributed by atoms with E-state index < -0.39 is 0 Å². The van der Waals surface area contributed by atoms with Gasteiger partial charge in [0, 0.05) is 40.2 Å². The van der Waals surface area contributed by atoms with Crippen LogP contribution in [0, 0.1) is 0 Å². The first kappa shape index (κ1) is 22.7. The number of likely N-dealkylation sites (N-methyl/N-ethyl adjacent to an activating group) is 1. The number of halogens is 1. The first-order valence-electron chi connectivity index (χ1n) is 11.0. The summed E-state index contributed by atoms with van der Waals surface area (Å²) < 4.78 is 0.962. The maximum Gasteiger partial charge on any atom is 0.268 e. The van der Waals surface area contributed by atoms with Gasteiger partial charge in [-0.25, -0.2) is 0 Å². The average Bonchev–Trinajstić information content (AvgIpc) is 3.39. The fourth-order valence-electron chi connectivity index (χ4n) is 4.59. The highest BCUT2D eigenvalue weighted by atomic mass is 35.5. The maximum atomic E-state index is 13.6. The number of phenolic OH excluding ortho intramolecular Hbond substituents is 1. The molecule has 0 fully saturated rings. The molecule has 1 atom stereocenters. The predicted molar refractivity (Wildman–Crippen MR) is 140 cm³/mol. The standard InChI is InChI=1S/C26H24ClN3O3S/c1-29(2)14-24(32)28-17-7-8-22-15(9-17)10-23(34-22)26(33)30-13-16(12-27)25-19-6-4-3-5-18(19)21(31)11-20(25)30/h3-11,16,31H,12-14H2,1-2H3,(H,28,32)/t16-/m1/s1. The van der Waals surface area contributed by atoms with Gasteiger partial charge >= 0.3 is 0 Å². The molecule has 5 rings (SSSR count). The van der Waals surface area contributed by atoms with Gasteiger partial charge in [0.15, 0.2) is 0 Å². The van der Waals surface area contributed by atoms with Crippen molar-refractivity contribution in [2.75, 3.05) is 43.3 Å². The molecule has 3 aromatic carbocycles. The Kier molecular flexibility index (Phi) is 5.93. The second-order valence-corrected chi connectivity index (χ2v) is 10.2. The Hall–Kier alpha value is -3.13. The second kappa shape index (κ2) is 8.91. The minimum absolute atomic E-state index is 0.0148. The van der Waals surface area contributed by atoms with E-state index in [1.54, 1.807) is 15.9 Å². The average molecular weight is 494 g/mol. The van der Waals surface area contributed by atoms with Crippen molar-refractivity contribution in [1.82, 2.24) is 4.90 Å². The highest BCUT2D eigenvalue weighted by Gasteiger charge is 2.35. The lowest BCUT2D eigenvalue weighted by atomic mass is 9.95. The number of carbonyl (C=O) groups is 2. The molecule has 2 amide bonds. The SMILES string of the molecule is CN(C)CC(=O)Nc1ccc2sc(C(=O)N3C[C@@H](CCl)c4c3cc(O)c3ccccc43)cc2c1. The summed E-state index contributed by atoms with van der Waals surface area (Å²) in [6.07, 6.45) is 0. The quantitative estimate of drug-likeness (QED) is 0.373. The molecular formula is C26H24ClN3O3S. The Morgan fingerprint density at radius 3 is 2.65 bits per heavy atom. The van der Waals surface area contributed by atoms with Crippen LogP contribution >= 0.6 is 22.9 Å². The number of aromatic hydroxyl groups is 1. The van der Waals surface area contributed by atoms with Crippen LogP contribution in [0.2, 0.25) is 0 Å². The van der Waals surface area contributed by atoms with Crippen molar-refractivity contribution >= 4 is 67.0 Å². The number of alkyl halides is 1. The molecule has 174 valence electrons. The first-order chi connectivity index (χ1) is 16.4. The van der Waals surface area contributed by atoms with Gasteiger partial charge in [0.25, 0.3) is 5.91 Å². The molecule has 8 heteroatoms. The topological polar surface area (TPSA) is 72.9 Å². The van der Waals surface area contributed by atoms with E-state index in [4.69, 9.17) is 11.6 Å². The Bertz CT molecular complexity index is 1430. The van der Waals surface area contributed by atoms with Crippen LogP contribution in [0.15, 0.2) is 54.6 Å². The van der Waals surface area contributed by atoms with Gasteiger partial charge in [0.2, 0.25) is 5.91 Å². The van der Waals surface area contributed by atoms with Crippen molar-refractivity contribution in [3.05, 3.63) is 65.0 Å². The summed E-state index contributed by atoms with van der Waals surface area (Å²) >= 11 is 7.73. The lowest BCUT2D eigenvalue weighted by Crippen LogP contribution is -2.29. The Labute approximate surface area is 206 Å². The molecule has 0 spiro atoms. The first-order valence-corrected chi connectivity index (χ1v) is 12.3. The predicted octanol–water partition coefficient (Wildman–Crippen LogP) is 5.24. The van der Waals surface area contributed by atoms with Crippen molar-refractivity contribution in [1.29, 1.82) is 0 Å². The van der Waals surface area contributed by atoms with E-state index in [1.165, 1.54) is 11.3 Å². The number of amides is 2. The number of carbonyl (C=O) groups excluding carboxylic acids is 2. The number of fused-ring (bicyclic) bond motifs is 4. The number of nitrogens with zero attached hydrogens (tertiary/aromatic N) is 2. The van der Waals surface area contributed by atoms with E-state index in [0.29, 0.717) is 35.2 Å². The summed E-state index contributed by atoms with van der Waals surface area (Å²) in [6, 6.07) is 16.8. The van der Waals surface area contributed by atoms with Crippen molar-refractivity contribution in [2.24, 2.45) is 0 Å². The number of anilines is 2. The minimum atomic E-state index is -0.122. The molecule has 0 saturated carbocycles. The summed E-state index contributed by atoms with van der Waals surface area (Å²) in [6.45, 7) is 0.758. The molecule has 0 bridgehead atoms. The van der Waals surface area contributed by atoms with Gasteiger partial charge in [-0.15, -0.1) is 22.9 Å². The smallest absolute Gasteiger partial charge is 0.268 e. The van der Waals surface area contributed by atoms with Gasteiger partial charge in [0.05, 0.1) is 17.1 Å². The molecule has 34 heavy (non-hydrogen) atoms. The molecule has 6 nitrogen and oxygen atoms in total. The lowest BCUT2D eigenvalue weighted by molar-refractivity contribution is -0.116. The van der Waals surface area contributed by atoms with Crippen molar-refractivity contribution < 1.29 is 14.7 Å². The van der Waals surface area contributed by atoms with Gasteiger partial charge in [0.1, 0.15) is 5.75 Å². The highest BCUT2D eigenvalue weighted by molar-refractivity contribution is 7.20. The summed E-state index contributed by atoms with van der Waals surface area (Å²) in [4.78, 5) is 29.8. The van der Waals surface area contributed by atoms with E-state index >= 15 is 0 Å². The van der Waals surface area contributed by atoms with Crippen LogP contribution in [0.4, 0.5) is 11.4 Å². The third kappa shape index (κ3) is 4.00. The summed E-state index contributed by atoms with van der Waals surface area (Å²) in [5.74, 6) is 0.302. The third-order valence-corrected chi connectivity index (χ3v) is 7.52. The molecule has 0 radical (unpaired) electrons. The van der Waals surface area contributed by atoms with Gasteiger partial charge < -0.3 is 20.2 Å². The fraction of sp³-hybridized carbons (Fsp3) is 0.231. The molecule has 0 aliphatic carbocycles. The number of rotatable bonds is 5. The molecule has 2 N–H and O–H groups in total. The molecule has 0 unspecified atom stereocenters. The second-order valence-electron chi connectivity index (χ2n) is 8.79. The Morgan fingerprint density at radius 2 is 1.91 bits per heavy atom. The zero-order valence-electron chi connectivity index (χ0n) is 18.8. The van der Waals surface area contributed by atoms with Crippen LogP contribution in [0.3, 0.4) is 0 Å². The van der Waals surface area contributed by atoms with Crippen molar-refractivity contribution in [3.63, 3.8) is 0 Å². The summed E-state index contributed by atoms with van der Waals surface area (Å²) in [5.41, 5.74) is 2.41. The van der Waals surface area contributed by atoms with Gasteiger partial charge in [-0.3, -0.25) is 9.59 Å². The number of hydrogen-bond acceptors (Lipinski definition) is 5. The normalized spacial score (nSPS) is 15.3. The van der Waals surface area contributed by atoms with E-state index in [2.05, 4.69) is 5.32 Å². The van der Waals surface area contributed by atoms with E-state index in [-0.39, 0.29) is 23.5 Å². The largest absolute Gasteiger partial charge is 0.507 e. The minimum Gasteiger partial charge on any atom is -0.507 e. The van der Waals surface area contributed by atoms with E-state index in [1.807, 2.05) is 62.6 Å². The zero-order valence-corrected chi connectivity index (χ0v) is 20.4. The van der Waals surface area contributed by atoms with Gasteiger partial charge in [-0.2, -0.15) is 0 Å². The summed E-state index contributed by atoms with van der Waals surface area (Å²) in [7, 11) is 3.68. The number of hydrogen-bond donors (Lipinski definition) is 2. The fourth-order valence-corrected chi connectivity index (χ4v) is 5.84. The Morgan fingerprint density at radius 1 is 1.15 bits per heavy atom. The van der Waals surface area contributed by atoms with Gasteiger partial charge in [-0.1, -0.05) is 24.3 Å². The van der Waals surface area contributed by atoms with Crippen LogP contribution in [-0.4, -0.2) is 54.9 Å². The van der Waals surface area contributed by atoms with Crippen LogP contribution in [-0.2, 0) is 4.79 Å². The number of benzene rings is 3. The molecule has 2 heterocycles. The number of nitrogens with one attached hydrogen (secondary N) is 1. The third-order valence-electron chi connectivity index (χ3n) is 6.05. The molecule has 4 aromatic rings.